The van der Waals surface area contributed by atoms with Gasteiger partial charge in [0.1, 0.15) is 0 Å². The number of β-amino-alcohol motifs (C(OH)–C–C–N with tert-alkyl or cyclic N) is 1. The van der Waals surface area contributed by atoms with E-state index in [4.69, 9.17) is 4.74 Å². The fraction of sp³-hybridized carbons (Fsp3) is 0.611. The van der Waals surface area contributed by atoms with Gasteiger partial charge in [-0.05, 0) is 26.0 Å². The Morgan fingerprint density at radius 2 is 1.79 bits per heavy atom. The maximum atomic E-state index is 12.1. The molecule has 0 aromatic heterocycles. The van der Waals surface area contributed by atoms with Gasteiger partial charge >= 0.3 is 0 Å². The molecule has 0 radical (unpaired) electrons. The van der Waals surface area contributed by atoms with Crippen molar-refractivity contribution in [3.63, 3.8) is 0 Å². The van der Waals surface area contributed by atoms with Crippen LogP contribution in [-0.2, 0) is 9.53 Å². The Hall–Kier alpha value is -1.47. The summed E-state index contributed by atoms with van der Waals surface area (Å²) in [6.45, 7) is 8.71. The zero-order valence-corrected chi connectivity index (χ0v) is 14.6. The van der Waals surface area contributed by atoms with E-state index in [2.05, 4.69) is 15.1 Å². The number of aliphatic hydroxyl groups excluding tert-OH is 1. The molecule has 6 nitrogen and oxygen atoms in total. The Morgan fingerprint density at radius 1 is 1.17 bits per heavy atom. The van der Waals surface area contributed by atoms with Crippen molar-refractivity contribution in [1.82, 2.24) is 9.80 Å². The second-order valence-corrected chi connectivity index (χ2v) is 6.53. The summed E-state index contributed by atoms with van der Waals surface area (Å²) in [6.07, 6.45) is -0.319. The number of ether oxygens (including phenoxy) is 1. The molecular formula is C18H29N3O3. The number of para-hydroxylation sites is 1. The number of carbonyl (C=O) groups is 1. The van der Waals surface area contributed by atoms with Crippen LogP contribution in [0.25, 0.3) is 0 Å². The molecule has 1 aliphatic heterocycles. The predicted octanol–water partition coefficient (Wildman–Crippen LogP) is 1.03. The summed E-state index contributed by atoms with van der Waals surface area (Å²) in [7, 11) is 0. The standard InChI is InChI=1S/C18H29N3O3/c1-15(2)24-14-17(22)12-20-8-10-21(11-9-20)13-18(23)19-16-6-4-3-5-7-16/h3-7,15,17,22H,8-14H2,1-2H3,(H,19,23)/t17-/m1/s1. The Labute approximate surface area is 144 Å². The first-order valence-electron chi connectivity index (χ1n) is 8.62. The number of hydrogen-bond acceptors (Lipinski definition) is 5. The summed E-state index contributed by atoms with van der Waals surface area (Å²) in [6, 6.07) is 9.51. The molecular weight excluding hydrogens is 306 g/mol. The number of nitrogens with zero attached hydrogens (tertiary/aromatic N) is 2. The molecule has 0 saturated carbocycles. The summed E-state index contributed by atoms with van der Waals surface area (Å²) in [4.78, 5) is 16.4. The molecule has 2 N–H and O–H groups in total. The highest BCUT2D eigenvalue weighted by atomic mass is 16.5. The van der Waals surface area contributed by atoms with E-state index in [1.54, 1.807) is 0 Å². The van der Waals surface area contributed by atoms with Gasteiger partial charge in [-0.15, -0.1) is 0 Å². The fourth-order valence-corrected chi connectivity index (χ4v) is 2.71. The minimum atomic E-state index is -0.458. The van der Waals surface area contributed by atoms with Gasteiger partial charge < -0.3 is 15.2 Å². The third kappa shape index (κ3) is 6.97. The van der Waals surface area contributed by atoms with Crippen LogP contribution in [-0.4, -0.2) is 78.9 Å². The maximum absolute atomic E-state index is 12.1. The summed E-state index contributed by atoms with van der Waals surface area (Å²) >= 11 is 0. The molecule has 1 amide bonds. The van der Waals surface area contributed by atoms with E-state index in [0.29, 0.717) is 19.7 Å². The Kier molecular flexibility index (Phi) is 7.65. The van der Waals surface area contributed by atoms with Gasteiger partial charge in [0, 0.05) is 38.4 Å². The molecule has 1 atom stereocenters. The van der Waals surface area contributed by atoms with Crippen LogP contribution in [0.1, 0.15) is 13.8 Å². The highest BCUT2D eigenvalue weighted by Crippen LogP contribution is 2.07. The Bertz CT molecular complexity index is 488. The molecule has 0 aliphatic carbocycles. The minimum Gasteiger partial charge on any atom is -0.389 e. The molecule has 1 aromatic rings. The maximum Gasteiger partial charge on any atom is 0.238 e. The van der Waals surface area contributed by atoms with Crippen LogP contribution in [0.4, 0.5) is 5.69 Å². The van der Waals surface area contributed by atoms with Gasteiger partial charge in [-0.1, -0.05) is 18.2 Å². The molecule has 1 aromatic carbocycles. The van der Waals surface area contributed by atoms with Crippen LogP contribution in [0, 0.1) is 0 Å². The van der Waals surface area contributed by atoms with E-state index in [-0.39, 0.29) is 12.0 Å². The van der Waals surface area contributed by atoms with Gasteiger partial charge in [-0.2, -0.15) is 0 Å². The van der Waals surface area contributed by atoms with Crippen LogP contribution >= 0.6 is 0 Å². The largest absolute Gasteiger partial charge is 0.389 e. The monoisotopic (exact) mass is 335 g/mol. The van der Waals surface area contributed by atoms with Crippen LogP contribution in [0.2, 0.25) is 0 Å². The van der Waals surface area contributed by atoms with Gasteiger partial charge in [0.2, 0.25) is 5.91 Å². The molecule has 6 heteroatoms. The number of anilines is 1. The normalized spacial score (nSPS) is 17.8. The van der Waals surface area contributed by atoms with Crippen LogP contribution in [0.5, 0.6) is 0 Å². The highest BCUT2D eigenvalue weighted by molar-refractivity contribution is 5.92. The molecule has 1 saturated heterocycles. The number of nitrogens with one attached hydrogen (secondary N) is 1. The van der Waals surface area contributed by atoms with Crippen molar-refractivity contribution in [1.29, 1.82) is 0 Å². The third-order valence-electron chi connectivity index (χ3n) is 3.98. The third-order valence-corrected chi connectivity index (χ3v) is 3.98. The SMILES string of the molecule is CC(C)OC[C@H](O)CN1CCN(CC(=O)Nc2ccccc2)CC1. The minimum absolute atomic E-state index is 0.0139. The summed E-state index contributed by atoms with van der Waals surface area (Å²) in [5, 5.41) is 12.9. The quantitative estimate of drug-likeness (QED) is 0.743. The van der Waals surface area contributed by atoms with Crippen LogP contribution in [0.15, 0.2) is 30.3 Å². The first-order chi connectivity index (χ1) is 11.5. The smallest absolute Gasteiger partial charge is 0.238 e. The molecule has 0 unspecified atom stereocenters. The zero-order chi connectivity index (χ0) is 17.4. The van der Waals surface area contributed by atoms with Crippen molar-refractivity contribution in [2.45, 2.75) is 26.1 Å². The van der Waals surface area contributed by atoms with E-state index < -0.39 is 6.10 Å². The summed E-state index contributed by atoms with van der Waals surface area (Å²) in [5.41, 5.74) is 0.828. The Balaban J connectivity index is 1.64. The molecule has 0 bridgehead atoms. The highest BCUT2D eigenvalue weighted by Gasteiger charge is 2.21. The van der Waals surface area contributed by atoms with Crippen molar-refractivity contribution in [2.75, 3.05) is 51.2 Å². The van der Waals surface area contributed by atoms with E-state index in [9.17, 15) is 9.90 Å². The number of piperazine rings is 1. The fourth-order valence-electron chi connectivity index (χ4n) is 2.71. The van der Waals surface area contributed by atoms with Gasteiger partial charge in [-0.3, -0.25) is 14.6 Å². The van der Waals surface area contributed by atoms with Gasteiger partial charge in [0.05, 0.1) is 25.4 Å². The van der Waals surface area contributed by atoms with E-state index in [1.807, 2.05) is 44.2 Å². The van der Waals surface area contributed by atoms with Crippen molar-refractivity contribution >= 4 is 11.6 Å². The number of carbonyl (C=O) groups excluding carboxylic acids is 1. The lowest BCUT2D eigenvalue weighted by Crippen LogP contribution is -2.50. The van der Waals surface area contributed by atoms with Gasteiger partial charge in [0.15, 0.2) is 0 Å². The molecule has 2 rings (SSSR count). The van der Waals surface area contributed by atoms with E-state index in [0.717, 1.165) is 31.9 Å². The number of aliphatic hydroxyl groups is 1. The number of rotatable bonds is 8. The van der Waals surface area contributed by atoms with Crippen molar-refractivity contribution < 1.29 is 14.6 Å². The van der Waals surface area contributed by atoms with Gasteiger partial charge in [-0.25, -0.2) is 0 Å². The zero-order valence-electron chi connectivity index (χ0n) is 14.6. The number of benzene rings is 1. The average Bonchev–Trinajstić information content (AvgIpc) is 2.55. The van der Waals surface area contributed by atoms with Crippen molar-refractivity contribution in [3.8, 4) is 0 Å². The second-order valence-electron chi connectivity index (χ2n) is 6.53. The number of amides is 1. The van der Waals surface area contributed by atoms with E-state index in [1.165, 1.54) is 0 Å². The van der Waals surface area contributed by atoms with Crippen LogP contribution in [0.3, 0.4) is 0 Å². The molecule has 1 heterocycles. The second kappa shape index (κ2) is 9.74. The summed E-state index contributed by atoms with van der Waals surface area (Å²) in [5.74, 6) is 0.0139. The predicted molar refractivity (Wildman–Crippen MR) is 95.0 cm³/mol. The molecule has 1 aliphatic rings. The first-order valence-corrected chi connectivity index (χ1v) is 8.62. The van der Waals surface area contributed by atoms with Crippen LogP contribution < -0.4 is 5.32 Å². The van der Waals surface area contributed by atoms with E-state index >= 15 is 0 Å². The lowest BCUT2D eigenvalue weighted by Gasteiger charge is -2.35. The molecule has 134 valence electrons. The summed E-state index contributed by atoms with van der Waals surface area (Å²) < 4.78 is 5.44. The average molecular weight is 335 g/mol. The Morgan fingerprint density at radius 3 is 2.42 bits per heavy atom. The van der Waals surface area contributed by atoms with Gasteiger partial charge in [0.25, 0.3) is 0 Å². The lowest BCUT2D eigenvalue weighted by molar-refractivity contribution is -0.117. The van der Waals surface area contributed by atoms with Crippen molar-refractivity contribution in [3.05, 3.63) is 30.3 Å². The molecule has 24 heavy (non-hydrogen) atoms. The first kappa shape index (κ1) is 18.9. The molecule has 1 fully saturated rings. The lowest BCUT2D eigenvalue weighted by atomic mass is 10.2. The topological polar surface area (TPSA) is 65.0 Å². The van der Waals surface area contributed by atoms with Crippen molar-refractivity contribution in [2.24, 2.45) is 0 Å². The number of hydrogen-bond donors (Lipinski definition) is 2. The molecule has 0 spiro atoms.